The Kier molecular flexibility index (Phi) is 4.33. The standard InChI is InChI=1S/C13H20N2O4S/c1-9(2)14-20(18,19)11-5-3-10(4-6-11)15-7-12(16)13(17)8-15/h3-6,9,12-14,16-17H,7-8H2,1-2H3/t12-,13+. The van der Waals surface area contributed by atoms with Crippen molar-refractivity contribution in [1.29, 1.82) is 0 Å². The molecule has 1 aliphatic rings. The Morgan fingerprint density at radius 2 is 1.65 bits per heavy atom. The summed E-state index contributed by atoms with van der Waals surface area (Å²) in [5.41, 5.74) is 0.782. The highest BCUT2D eigenvalue weighted by molar-refractivity contribution is 7.89. The fourth-order valence-corrected chi connectivity index (χ4v) is 3.45. The van der Waals surface area contributed by atoms with Crippen LogP contribution >= 0.6 is 0 Å². The van der Waals surface area contributed by atoms with Crippen LogP contribution < -0.4 is 9.62 Å². The topological polar surface area (TPSA) is 89.9 Å². The summed E-state index contributed by atoms with van der Waals surface area (Å²) >= 11 is 0. The number of sulfonamides is 1. The predicted molar refractivity (Wildman–Crippen MR) is 76.1 cm³/mol. The number of aliphatic hydroxyl groups excluding tert-OH is 2. The second kappa shape index (κ2) is 5.69. The van der Waals surface area contributed by atoms with Crippen LogP contribution in [0.1, 0.15) is 13.8 Å². The zero-order valence-corrected chi connectivity index (χ0v) is 12.3. The minimum atomic E-state index is -3.49. The van der Waals surface area contributed by atoms with Crippen LogP contribution in [0, 0.1) is 0 Å². The van der Waals surface area contributed by atoms with Crippen molar-refractivity contribution in [1.82, 2.24) is 4.72 Å². The van der Waals surface area contributed by atoms with Crippen molar-refractivity contribution in [3.05, 3.63) is 24.3 Å². The average Bonchev–Trinajstić information content (AvgIpc) is 2.68. The third-order valence-electron chi connectivity index (χ3n) is 3.16. The highest BCUT2D eigenvalue weighted by Gasteiger charge is 2.29. The van der Waals surface area contributed by atoms with Crippen molar-refractivity contribution in [2.24, 2.45) is 0 Å². The summed E-state index contributed by atoms with van der Waals surface area (Å²) in [5.74, 6) is 0. The fraction of sp³-hybridized carbons (Fsp3) is 0.538. The highest BCUT2D eigenvalue weighted by Crippen LogP contribution is 2.22. The van der Waals surface area contributed by atoms with E-state index in [1.165, 1.54) is 12.1 Å². The maximum atomic E-state index is 12.0. The van der Waals surface area contributed by atoms with Crippen LogP contribution in [-0.2, 0) is 10.0 Å². The Morgan fingerprint density at radius 3 is 2.10 bits per heavy atom. The molecule has 1 aromatic rings. The number of β-amino-alcohol motifs (C(OH)–C–C–N with tert-alkyl or cyclic N) is 2. The molecular weight excluding hydrogens is 280 g/mol. The van der Waals surface area contributed by atoms with E-state index in [1.807, 2.05) is 4.90 Å². The molecule has 6 nitrogen and oxygen atoms in total. The van der Waals surface area contributed by atoms with Crippen molar-refractivity contribution >= 4 is 15.7 Å². The van der Waals surface area contributed by atoms with E-state index >= 15 is 0 Å². The maximum absolute atomic E-state index is 12.0. The first-order valence-electron chi connectivity index (χ1n) is 6.53. The van der Waals surface area contributed by atoms with E-state index in [0.29, 0.717) is 13.1 Å². The number of rotatable bonds is 4. The molecule has 0 aromatic heterocycles. The SMILES string of the molecule is CC(C)NS(=O)(=O)c1ccc(N2C[C@@H](O)[C@@H](O)C2)cc1. The monoisotopic (exact) mass is 300 g/mol. The van der Waals surface area contributed by atoms with Crippen molar-refractivity contribution < 1.29 is 18.6 Å². The predicted octanol–water partition coefficient (Wildman–Crippen LogP) is -0.0849. The van der Waals surface area contributed by atoms with E-state index in [-0.39, 0.29) is 10.9 Å². The number of benzene rings is 1. The molecular formula is C13H20N2O4S. The van der Waals surface area contributed by atoms with Gasteiger partial charge in [0.1, 0.15) is 0 Å². The lowest BCUT2D eigenvalue weighted by atomic mass is 10.3. The summed E-state index contributed by atoms with van der Waals surface area (Å²) in [6, 6.07) is 6.25. The van der Waals surface area contributed by atoms with Crippen LogP contribution in [-0.4, -0.2) is 50.0 Å². The highest BCUT2D eigenvalue weighted by atomic mass is 32.2. The minimum absolute atomic E-state index is 0.163. The first-order chi connectivity index (χ1) is 9.29. The molecule has 0 radical (unpaired) electrons. The second-order valence-corrected chi connectivity index (χ2v) is 7.02. The molecule has 112 valence electrons. The number of nitrogens with one attached hydrogen (secondary N) is 1. The first kappa shape index (κ1) is 15.2. The average molecular weight is 300 g/mol. The number of hydrogen-bond donors (Lipinski definition) is 3. The zero-order valence-electron chi connectivity index (χ0n) is 11.5. The van der Waals surface area contributed by atoms with Crippen LogP contribution in [0.5, 0.6) is 0 Å². The largest absolute Gasteiger partial charge is 0.389 e. The normalized spacial score (nSPS) is 23.6. The maximum Gasteiger partial charge on any atom is 0.240 e. The van der Waals surface area contributed by atoms with Crippen molar-refractivity contribution in [2.75, 3.05) is 18.0 Å². The number of hydrogen-bond acceptors (Lipinski definition) is 5. The van der Waals surface area contributed by atoms with E-state index in [4.69, 9.17) is 0 Å². The molecule has 1 aromatic carbocycles. The van der Waals surface area contributed by atoms with Gasteiger partial charge in [0.15, 0.2) is 0 Å². The Hall–Kier alpha value is -1.15. The van der Waals surface area contributed by atoms with Crippen LogP contribution in [0.25, 0.3) is 0 Å². The van der Waals surface area contributed by atoms with Crippen LogP contribution in [0.2, 0.25) is 0 Å². The van der Waals surface area contributed by atoms with E-state index in [0.717, 1.165) is 5.69 Å². The molecule has 1 saturated heterocycles. The van der Waals surface area contributed by atoms with Gasteiger partial charge in [-0.05, 0) is 38.1 Å². The van der Waals surface area contributed by atoms with E-state index < -0.39 is 22.2 Å². The summed E-state index contributed by atoms with van der Waals surface area (Å²) in [7, 11) is -3.49. The van der Waals surface area contributed by atoms with Gasteiger partial charge in [-0.3, -0.25) is 0 Å². The molecule has 20 heavy (non-hydrogen) atoms. The van der Waals surface area contributed by atoms with Crippen molar-refractivity contribution in [3.63, 3.8) is 0 Å². The van der Waals surface area contributed by atoms with Gasteiger partial charge in [-0.2, -0.15) is 0 Å². The molecule has 1 heterocycles. The Balaban J connectivity index is 2.15. The van der Waals surface area contributed by atoms with Gasteiger partial charge in [0.05, 0.1) is 17.1 Å². The fourth-order valence-electron chi connectivity index (χ4n) is 2.19. The lowest BCUT2D eigenvalue weighted by Crippen LogP contribution is -2.30. The van der Waals surface area contributed by atoms with Crippen molar-refractivity contribution in [3.8, 4) is 0 Å². The van der Waals surface area contributed by atoms with E-state index in [2.05, 4.69) is 4.72 Å². The van der Waals surface area contributed by atoms with Gasteiger partial charge in [0.25, 0.3) is 0 Å². The van der Waals surface area contributed by atoms with Gasteiger partial charge in [0, 0.05) is 24.8 Å². The van der Waals surface area contributed by atoms with Gasteiger partial charge in [0.2, 0.25) is 10.0 Å². The molecule has 2 atom stereocenters. The third kappa shape index (κ3) is 3.29. The molecule has 0 unspecified atom stereocenters. The number of nitrogens with zero attached hydrogens (tertiary/aromatic N) is 1. The number of anilines is 1. The third-order valence-corrected chi connectivity index (χ3v) is 4.84. The van der Waals surface area contributed by atoms with Gasteiger partial charge in [-0.25, -0.2) is 13.1 Å². The van der Waals surface area contributed by atoms with Crippen LogP contribution in [0.3, 0.4) is 0 Å². The van der Waals surface area contributed by atoms with E-state index in [9.17, 15) is 18.6 Å². The summed E-state index contributed by atoms with van der Waals surface area (Å²) in [5, 5.41) is 19.0. The smallest absolute Gasteiger partial charge is 0.240 e. The Labute approximate surface area is 119 Å². The molecule has 1 aliphatic heterocycles. The molecule has 7 heteroatoms. The molecule has 0 saturated carbocycles. The van der Waals surface area contributed by atoms with Gasteiger partial charge < -0.3 is 15.1 Å². The van der Waals surface area contributed by atoms with Crippen molar-refractivity contribution in [2.45, 2.75) is 37.0 Å². The summed E-state index contributed by atoms with van der Waals surface area (Å²) in [6.45, 7) is 4.22. The molecule has 0 aliphatic carbocycles. The zero-order chi connectivity index (χ0) is 14.9. The summed E-state index contributed by atoms with van der Waals surface area (Å²) < 4.78 is 26.5. The van der Waals surface area contributed by atoms with Gasteiger partial charge in [-0.1, -0.05) is 0 Å². The Bertz CT molecular complexity index is 546. The number of aliphatic hydroxyl groups is 2. The quantitative estimate of drug-likeness (QED) is 0.723. The summed E-state index contributed by atoms with van der Waals surface area (Å²) in [4.78, 5) is 2.02. The first-order valence-corrected chi connectivity index (χ1v) is 8.01. The van der Waals surface area contributed by atoms with Gasteiger partial charge in [-0.15, -0.1) is 0 Å². The molecule has 3 N–H and O–H groups in total. The Morgan fingerprint density at radius 1 is 1.15 bits per heavy atom. The molecule has 0 bridgehead atoms. The molecule has 2 rings (SSSR count). The van der Waals surface area contributed by atoms with Crippen LogP contribution in [0.15, 0.2) is 29.2 Å². The lowest BCUT2D eigenvalue weighted by Gasteiger charge is -2.18. The second-order valence-electron chi connectivity index (χ2n) is 5.31. The minimum Gasteiger partial charge on any atom is -0.389 e. The van der Waals surface area contributed by atoms with Crippen LogP contribution in [0.4, 0.5) is 5.69 Å². The molecule has 0 amide bonds. The lowest BCUT2D eigenvalue weighted by molar-refractivity contribution is 0.0572. The van der Waals surface area contributed by atoms with E-state index in [1.54, 1.807) is 26.0 Å². The molecule has 0 spiro atoms. The molecule has 1 fully saturated rings. The summed E-state index contributed by atoms with van der Waals surface area (Å²) in [6.07, 6.45) is -1.53. The van der Waals surface area contributed by atoms with Gasteiger partial charge >= 0.3 is 0 Å².